The monoisotopic (exact) mass is 497 g/mol. The van der Waals surface area contributed by atoms with Crippen molar-refractivity contribution < 1.29 is 14.6 Å². The quantitative estimate of drug-likeness (QED) is 0.554. The molecule has 1 amide bonds. The molecule has 0 bridgehead atoms. The van der Waals surface area contributed by atoms with E-state index in [1.807, 2.05) is 12.1 Å². The van der Waals surface area contributed by atoms with Crippen molar-refractivity contribution in [3.63, 3.8) is 0 Å². The number of fused-ring (bicyclic) bond motifs is 2. The number of anilines is 2. The Hall–Kier alpha value is -3.41. The van der Waals surface area contributed by atoms with E-state index >= 15 is 0 Å². The Kier molecular flexibility index (Phi) is 5.28. The van der Waals surface area contributed by atoms with E-state index in [1.165, 1.54) is 10.9 Å². The van der Waals surface area contributed by atoms with Crippen molar-refractivity contribution in [2.75, 3.05) is 24.7 Å². The number of rotatable bonds is 4. The van der Waals surface area contributed by atoms with Crippen LogP contribution in [0.1, 0.15) is 28.9 Å². The highest BCUT2D eigenvalue weighted by molar-refractivity contribution is 6.30. The van der Waals surface area contributed by atoms with Gasteiger partial charge < -0.3 is 14.7 Å². The first-order valence-electron chi connectivity index (χ1n) is 11.5. The number of carbonyl (C=O) groups is 1. The molecule has 35 heavy (non-hydrogen) atoms. The number of likely N-dealkylation sites (tertiary alicyclic amines) is 1. The van der Waals surface area contributed by atoms with Gasteiger partial charge in [-0.2, -0.15) is 5.10 Å². The zero-order valence-electron chi connectivity index (χ0n) is 18.9. The Balaban J connectivity index is 1.14. The first-order valence-corrected chi connectivity index (χ1v) is 11.9. The molecule has 0 aliphatic carbocycles. The van der Waals surface area contributed by atoms with Crippen molar-refractivity contribution in [2.24, 2.45) is 0 Å². The van der Waals surface area contributed by atoms with Gasteiger partial charge in [0.05, 0.1) is 29.9 Å². The van der Waals surface area contributed by atoms with Crippen molar-refractivity contribution in [3.05, 3.63) is 63.3 Å². The zero-order chi connectivity index (χ0) is 24.2. The number of aromatic nitrogens is 4. The number of nitrogens with zero attached hydrogens (tertiary/aromatic N) is 6. The molecule has 6 rings (SSSR count). The number of hydrogen-bond donors (Lipinski definition) is 2. The number of halogens is 1. The smallest absolute Gasteiger partial charge is 0.274 e. The highest BCUT2D eigenvalue weighted by Gasteiger charge is 2.36. The van der Waals surface area contributed by atoms with Crippen molar-refractivity contribution in [3.8, 4) is 5.88 Å². The third kappa shape index (κ3) is 3.95. The maximum absolute atomic E-state index is 13.2. The van der Waals surface area contributed by atoms with Gasteiger partial charge in [-0.3, -0.25) is 19.2 Å². The molecule has 2 aromatic heterocycles. The Morgan fingerprint density at radius 2 is 1.97 bits per heavy atom. The zero-order valence-corrected chi connectivity index (χ0v) is 19.6. The van der Waals surface area contributed by atoms with Crippen molar-refractivity contribution >= 4 is 29.0 Å². The number of carbonyl (C=O) groups excluding carboxylic acids is 1. The van der Waals surface area contributed by atoms with Gasteiger partial charge in [0.1, 0.15) is 12.9 Å². The maximum atomic E-state index is 13.2. The van der Waals surface area contributed by atoms with Crippen LogP contribution in [0.25, 0.3) is 0 Å². The van der Waals surface area contributed by atoms with E-state index in [2.05, 4.69) is 15.5 Å². The van der Waals surface area contributed by atoms with Crippen LogP contribution in [0.5, 0.6) is 5.88 Å². The van der Waals surface area contributed by atoms with Gasteiger partial charge in [-0.15, -0.1) is 0 Å². The summed E-state index contributed by atoms with van der Waals surface area (Å²) in [5.41, 5.74) is 3.58. The van der Waals surface area contributed by atoms with Gasteiger partial charge in [0.25, 0.3) is 11.5 Å². The highest BCUT2D eigenvalue weighted by atomic mass is 35.5. The lowest BCUT2D eigenvalue weighted by molar-refractivity contribution is -0.0302. The minimum absolute atomic E-state index is 0.113. The molecule has 3 aromatic rings. The molecule has 5 heterocycles. The van der Waals surface area contributed by atoms with Crippen LogP contribution in [0, 0.1) is 0 Å². The lowest BCUT2D eigenvalue weighted by Crippen LogP contribution is -2.50. The van der Waals surface area contributed by atoms with Gasteiger partial charge in [0, 0.05) is 30.7 Å². The summed E-state index contributed by atoms with van der Waals surface area (Å²) in [5.74, 6) is 0.966. The molecule has 1 aromatic carbocycles. The van der Waals surface area contributed by atoms with Crippen LogP contribution in [0.3, 0.4) is 0 Å². The molecule has 1 fully saturated rings. The predicted molar refractivity (Wildman–Crippen MR) is 127 cm³/mol. The fraction of sp³-hybridized carbons (Fsp3) is 0.391. The number of amides is 1. The minimum atomic E-state index is -1.11. The second-order valence-electron chi connectivity index (χ2n) is 9.08. The lowest BCUT2D eigenvalue weighted by atomic mass is 9.91. The summed E-state index contributed by atoms with van der Waals surface area (Å²) in [5, 5.41) is 17.9. The number of hydrogen-bond acceptors (Lipinski definition) is 8. The average molecular weight is 498 g/mol. The molecule has 0 spiro atoms. The van der Waals surface area contributed by atoms with Crippen LogP contribution in [-0.4, -0.2) is 60.5 Å². The minimum Gasteiger partial charge on any atom is -0.476 e. The van der Waals surface area contributed by atoms with Gasteiger partial charge in [-0.25, -0.2) is 15.1 Å². The van der Waals surface area contributed by atoms with Crippen LogP contribution in [0.15, 0.2) is 41.5 Å². The molecule has 11 nitrogen and oxygen atoms in total. The van der Waals surface area contributed by atoms with E-state index in [-0.39, 0.29) is 18.0 Å². The van der Waals surface area contributed by atoms with Crippen molar-refractivity contribution in [1.82, 2.24) is 29.7 Å². The summed E-state index contributed by atoms with van der Waals surface area (Å²) in [6.45, 7) is 2.40. The molecular weight excluding hydrogens is 474 g/mol. The number of piperidine rings is 1. The van der Waals surface area contributed by atoms with Crippen LogP contribution >= 0.6 is 11.6 Å². The SMILES string of the molecule is O=C(c1cc2n(n1)CCO2)N1CCC(O)(Cn2cnc3c(c2=O)CNN3c2ccc(Cl)cc2)CC1. The Morgan fingerprint density at radius 3 is 2.71 bits per heavy atom. The summed E-state index contributed by atoms with van der Waals surface area (Å²) in [4.78, 5) is 32.2. The van der Waals surface area contributed by atoms with Crippen LogP contribution in [0.2, 0.25) is 5.02 Å². The first-order chi connectivity index (χ1) is 16.9. The first kappa shape index (κ1) is 22.1. The molecule has 0 saturated carbocycles. The van der Waals surface area contributed by atoms with E-state index in [0.717, 1.165) is 5.69 Å². The number of ether oxygens (including phenoxy) is 1. The molecular formula is C23H24ClN7O4. The third-order valence-electron chi connectivity index (χ3n) is 6.78. The average Bonchev–Trinajstić information content (AvgIpc) is 3.57. The van der Waals surface area contributed by atoms with Gasteiger partial charge >= 0.3 is 0 Å². The van der Waals surface area contributed by atoms with Crippen LogP contribution in [0.4, 0.5) is 11.5 Å². The maximum Gasteiger partial charge on any atom is 0.274 e. The Labute approximate surface area is 205 Å². The van der Waals surface area contributed by atoms with E-state index < -0.39 is 5.60 Å². The number of nitrogens with one attached hydrogen (secondary N) is 1. The Morgan fingerprint density at radius 1 is 1.20 bits per heavy atom. The normalized spacial score (nSPS) is 18.3. The van der Waals surface area contributed by atoms with E-state index in [1.54, 1.807) is 32.8 Å². The summed E-state index contributed by atoms with van der Waals surface area (Å²) < 4.78 is 8.58. The van der Waals surface area contributed by atoms with Gasteiger partial charge in [-0.1, -0.05) is 11.6 Å². The lowest BCUT2D eigenvalue weighted by Gasteiger charge is -2.38. The molecule has 12 heteroatoms. The number of benzene rings is 1. The fourth-order valence-electron chi connectivity index (χ4n) is 4.80. The molecule has 2 N–H and O–H groups in total. The summed E-state index contributed by atoms with van der Waals surface area (Å²) in [7, 11) is 0. The summed E-state index contributed by atoms with van der Waals surface area (Å²) in [6, 6.07) is 8.91. The van der Waals surface area contributed by atoms with Crippen LogP contribution in [-0.2, 0) is 19.6 Å². The largest absolute Gasteiger partial charge is 0.476 e. The van der Waals surface area contributed by atoms with Gasteiger partial charge in [0.15, 0.2) is 11.5 Å². The standard InChI is InChI=1S/C23H24ClN7O4/c24-15-1-3-16(4-2-15)31-20-17(12-26-31)21(32)29(14-25-20)13-23(34)5-7-28(8-6-23)22(33)18-11-19-30(27-18)9-10-35-19/h1-4,11,14,26,34H,5-10,12-13H2. The molecule has 0 atom stereocenters. The fourth-order valence-corrected chi connectivity index (χ4v) is 4.93. The summed E-state index contributed by atoms with van der Waals surface area (Å²) >= 11 is 5.98. The van der Waals surface area contributed by atoms with E-state index in [9.17, 15) is 14.7 Å². The second-order valence-corrected chi connectivity index (χ2v) is 9.52. The molecule has 0 radical (unpaired) electrons. The number of aliphatic hydroxyl groups is 1. The van der Waals surface area contributed by atoms with Gasteiger partial charge in [0.2, 0.25) is 5.88 Å². The molecule has 3 aliphatic heterocycles. The second kappa shape index (κ2) is 8.36. The summed E-state index contributed by atoms with van der Waals surface area (Å²) in [6.07, 6.45) is 2.17. The van der Waals surface area contributed by atoms with Crippen molar-refractivity contribution in [1.29, 1.82) is 0 Å². The highest BCUT2D eigenvalue weighted by Crippen LogP contribution is 2.30. The topological polar surface area (TPSA) is 118 Å². The Bertz CT molecular complexity index is 1320. The molecule has 182 valence electrons. The van der Waals surface area contributed by atoms with E-state index in [0.29, 0.717) is 73.6 Å². The molecule has 0 unspecified atom stereocenters. The van der Waals surface area contributed by atoms with E-state index in [4.69, 9.17) is 16.3 Å². The van der Waals surface area contributed by atoms with Crippen LogP contribution < -0.4 is 20.7 Å². The molecule has 3 aliphatic rings. The predicted octanol–water partition coefficient (Wildman–Crippen LogP) is 1.31. The van der Waals surface area contributed by atoms with Crippen molar-refractivity contribution in [2.45, 2.75) is 38.1 Å². The van der Waals surface area contributed by atoms with Gasteiger partial charge in [-0.05, 0) is 37.1 Å². The molecule has 1 saturated heterocycles. The third-order valence-corrected chi connectivity index (χ3v) is 7.03. The number of hydrazine groups is 1.